The molecule has 0 fully saturated rings. The summed E-state index contributed by atoms with van der Waals surface area (Å²) in [5, 5.41) is 12.7. The topological polar surface area (TPSA) is 101 Å². The summed E-state index contributed by atoms with van der Waals surface area (Å²) in [5.74, 6) is -1.60. The highest BCUT2D eigenvalue weighted by atomic mass is 35.5. The summed E-state index contributed by atoms with van der Waals surface area (Å²) in [7, 11) is 0. The number of halogens is 2. The van der Waals surface area contributed by atoms with Crippen molar-refractivity contribution in [1.29, 1.82) is 0 Å². The van der Waals surface area contributed by atoms with Crippen LogP contribution >= 0.6 is 34.5 Å². The number of benzene rings is 1. The molecule has 1 amide bonds. The number of hydrogen-bond donors (Lipinski definition) is 2. The second-order valence-electron chi connectivity index (χ2n) is 5.39. The number of thiophene rings is 1. The fraction of sp³-hybridized carbons (Fsp3) is 0.125. The van der Waals surface area contributed by atoms with Crippen LogP contribution in [0.3, 0.4) is 0 Å². The molecule has 0 bridgehead atoms. The molecule has 26 heavy (non-hydrogen) atoms. The lowest BCUT2D eigenvalue weighted by Crippen LogP contribution is -2.28. The lowest BCUT2D eigenvalue weighted by Gasteiger charge is -2.09. The molecule has 0 radical (unpaired) electrons. The quantitative estimate of drug-likeness (QED) is 0.684. The fourth-order valence-corrected chi connectivity index (χ4v) is 3.84. The van der Waals surface area contributed by atoms with Gasteiger partial charge in [-0.3, -0.25) is 14.2 Å². The van der Waals surface area contributed by atoms with E-state index in [2.05, 4.69) is 10.3 Å². The third kappa shape index (κ3) is 3.44. The molecule has 0 aliphatic heterocycles. The van der Waals surface area contributed by atoms with E-state index in [4.69, 9.17) is 28.3 Å². The van der Waals surface area contributed by atoms with Crippen molar-refractivity contribution in [3.05, 3.63) is 55.4 Å². The molecule has 3 rings (SSSR count). The number of aromatic carboxylic acids is 1. The molecule has 0 saturated carbocycles. The van der Waals surface area contributed by atoms with Crippen molar-refractivity contribution in [2.75, 3.05) is 5.32 Å². The summed E-state index contributed by atoms with van der Waals surface area (Å²) in [6.07, 6.45) is 1.22. The van der Waals surface area contributed by atoms with Crippen LogP contribution in [0.4, 0.5) is 5.69 Å². The van der Waals surface area contributed by atoms with E-state index in [1.807, 2.05) is 0 Å². The number of carbonyl (C=O) groups excluding carboxylic acids is 1. The molecule has 0 saturated heterocycles. The van der Waals surface area contributed by atoms with Crippen LogP contribution in [0.15, 0.2) is 29.3 Å². The van der Waals surface area contributed by atoms with E-state index in [9.17, 15) is 14.4 Å². The van der Waals surface area contributed by atoms with Crippen molar-refractivity contribution in [3.8, 4) is 0 Å². The highest BCUT2D eigenvalue weighted by molar-refractivity contribution is 7.20. The SMILES string of the molecule is Cc1c(C(=O)O)sc2ncn(CC(=O)Nc3ccc(Cl)cc3Cl)c(=O)c12. The molecular weight excluding hydrogens is 401 g/mol. The van der Waals surface area contributed by atoms with Crippen molar-refractivity contribution < 1.29 is 14.7 Å². The van der Waals surface area contributed by atoms with Crippen LogP contribution in [0.1, 0.15) is 15.2 Å². The van der Waals surface area contributed by atoms with E-state index in [0.29, 0.717) is 21.1 Å². The second kappa shape index (κ2) is 7.06. The number of aryl methyl sites for hydroxylation is 1. The molecule has 1 aromatic carbocycles. The largest absolute Gasteiger partial charge is 0.477 e. The number of amides is 1. The molecule has 7 nitrogen and oxygen atoms in total. The normalized spacial score (nSPS) is 10.9. The number of anilines is 1. The Morgan fingerprint density at radius 3 is 2.73 bits per heavy atom. The number of nitrogens with one attached hydrogen (secondary N) is 1. The average Bonchev–Trinajstić information content (AvgIpc) is 2.91. The first-order valence-electron chi connectivity index (χ1n) is 7.24. The van der Waals surface area contributed by atoms with E-state index < -0.39 is 17.4 Å². The average molecular weight is 412 g/mol. The van der Waals surface area contributed by atoms with Gasteiger partial charge in [0.1, 0.15) is 16.3 Å². The van der Waals surface area contributed by atoms with Gasteiger partial charge < -0.3 is 10.4 Å². The van der Waals surface area contributed by atoms with Gasteiger partial charge in [0.2, 0.25) is 5.91 Å². The standard InChI is InChI=1S/C16H11Cl2N3O4S/c1-7-12-14(26-13(7)16(24)25)19-6-21(15(12)23)5-11(22)20-10-3-2-8(17)4-9(10)18/h2-4,6H,5H2,1H3,(H,20,22)(H,24,25). The molecule has 3 aromatic rings. The van der Waals surface area contributed by atoms with Gasteiger partial charge in [-0.15, -0.1) is 11.3 Å². The molecule has 0 atom stereocenters. The predicted octanol–water partition coefficient (Wildman–Crippen LogP) is 3.41. The Labute approximate surface area is 160 Å². The maximum atomic E-state index is 12.6. The van der Waals surface area contributed by atoms with Gasteiger partial charge in [0.15, 0.2) is 0 Å². The van der Waals surface area contributed by atoms with Crippen molar-refractivity contribution >= 4 is 62.3 Å². The van der Waals surface area contributed by atoms with E-state index in [0.717, 1.165) is 15.9 Å². The monoisotopic (exact) mass is 411 g/mol. The number of hydrogen-bond acceptors (Lipinski definition) is 5. The van der Waals surface area contributed by atoms with E-state index in [-0.39, 0.29) is 21.8 Å². The summed E-state index contributed by atoms with van der Waals surface area (Å²) in [6.45, 7) is 1.25. The Morgan fingerprint density at radius 1 is 1.35 bits per heavy atom. The predicted molar refractivity (Wildman–Crippen MR) is 101 cm³/mol. The lowest BCUT2D eigenvalue weighted by molar-refractivity contribution is -0.116. The van der Waals surface area contributed by atoms with Crippen molar-refractivity contribution in [2.45, 2.75) is 13.5 Å². The van der Waals surface area contributed by atoms with Crippen molar-refractivity contribution in [1.82, 2.24) is 9.55 Å². The van der Waals surface area contributed by atoms with E-state index >= 15 is 0 Å². The van der Waals surface area contributed by atoms with Gasteiger partial charge in [0, 0.05) is 5.02 Å². The van der Waals surface area contributed by atoms with Gasteiger partial charge in [-0.05, 0) is 30.7 Å². The van der Waals surface area contributed by atoms with Crippen LogP contribution in [0.2, 0.25) is 10.0 Å². The zero-order valence-corrected chi connectivity index (χ0v) is 15.6. The fourth-order valence-electron chi connectivity index (χ4n) is 2.41. The van der Waals surface area contributed by atoms with Crippen LogP contribution in [-0.2, 0) is 11.3 Å². The third-order valence-electron chi connectivity index (χ3n) is 3.63. The molecular formula is C16H11Cl2N3O4S. The molecule has 10 heteroatoms. The first-order valence-corrected chi connectivity index (χ1v) is 8.82. The number of rotatable bonds is 4. The number of aromatic nitrogens is 2. The first kappa shape index (κ1) is 18.4. The number of nitrogens with zero attached hydrogens (tertiary/aromatic N) is 2. The Kier molecular flexibility index (Phi) is 4.99. The summed E-state index contributed by atoms with van der Waals surface area (Å²) < 4.78 is 1.12. The first-order chi connectivity index (χ1) is 12.3. The maximum Gasteiger partial charge on any atom is 0.346 e. The van der Waals surface area contributed by atoms with E-state index in [1.54, 1.807) is 19.1 Å². The molecule has 134 valence electrons. The molecule has 0 spiro atoms. The van der Waals surface area contributed by atoms with Crippen LogP contribution < -0.4 is 10.9 Å². The van der Waals surface area contributed by atoms with Crippen LogP contribution in [-0.4, -0.2) is 26.5 Å². The molecule has 0 aliphatic carbocycles. The van der Waals surface area contributed by atoms with Crippen LogP contribution in [0.25, 0.3) is 10.2 Å². The zero-order chi connectivity index (χ0) is 19.0. The van der Waals surface area contributed by atoms with Gasteiger partial charge in [-0.25, -0.2) is 9.78 Å². The minimum atomic E-state index is -1.12. The number of carboxylic acid groups (broad SMARTS) is 1. The molecule has 2 heterocycles. The van der Waals surface area contributed by atoms with Gasteiger partial charge in [0.05, 0.1) is 22.4 Å². The Morgan fingerprint density at radius 2 is 2.08 bits per heavy atom. The molecule has 0 unspecified atom stereocenters. The highest BCUT2D eigenvalue weighted by Gasteiger charge is 2.19. The molecule has 2 N–H and O–H groups in total. The van der Waals surface area contributed by atoms with Crippen LogP contribution in [0, 0.1) is 6.92 Å². The third-order valence-corrected chi connectivity index (χ3v) is 5.37. The van der Waals surface area contributed by atoms with E-state index in [1.165, 1.54) is 12.4 Å². The summed E-state index contributed by atoms with van der Waals surface area (Å²) in [6, 6.07) is 4.61. The highest BCUT2D eigenvalue weighted by Crippen LogP contribution is 2.27. The Hall–Kier alpha value is -2.42. The molecule has 2 aromatic heterocycles. The van der Waals surface area contributed by atoms with Gasteiger partial charge in [0.25, 0.3) is 5.56 Å². The van der Waals surface area contributed by atoms with Crippen LogP contribution in [0.5, 0.6) is 0 Å². The summed E-state index contributed by atoms with van der Waals surface area (Å²) >= 11 is 12.7. The number of carbonyl (C=O) groups is 2. The van der Waals surface area contributed by atoms with Crippen molar-refractivity contribution in [3.63, 3.8) is 0 Å². The van der Waals surface area contributed by atoms with Gasteiger partial charge in [-0.1, -0.05) is 23.2 Å². The van der Waals surface area contributed by atoms with Gasteiger partial charge >= 0.3 is 5.97 Å². The zero-order valence-electron chi connectivity index (χ0n) is 13.2. The maximum absolute atomic E-state index is 12.6. The Balaban J connectivity index is 1.90. The molecule has 0 aliphatic rings. The minimum absolute atomic E-state index is 0.0553. The summed E-state index contributed by atoms with van der Waals surface area (Å²) in [4.78, 5) is 40.5. The second-order valence-corrected chi connectivity index (χ2v) is 7.23. The number of carboxylic acids is 1. The van der Waals surface area contributed by atoms with Gasteiger partial charge in [-0.2, -0.15) is 0 Å². The smallest absolute Gasteiger partial charge is 0.346 e. The number of fused-ring (bicyclic) bond motifs is 1. The lowest BCUT2D eigenvalue weighted by atomic mass is 10.2. The summed E-state index contributed by atoms with van der Waals surface area (Å²) in [5.41, 5.74) is 0.224. The van der Waals surface area contributed by atoms with Crippen molar-refractivity contribution in [2.24, 2.45) is 0 Å². The Bertz CT molecular complexity index is 1110. The minimum Gasteiger partial charge on any atom is -0.477 e.